The second kappa shape index (κ2) is 7.26. The fraction of sp³-hybridized carbons (Fsp3) is 0.200. The van der Waals surface area contributed by atoms with E-state index in [1.54, 1.807) is 0 Å². The highest BCUT2D eigenvalue weighted by molar-refractivity contribution is 9.30. The Morgan fingerprint density at radius 2 is 0.960 bits per heavy atom. The molecule has 0 radical (unpaired) electrons. The van der Waals surface area contributed by atoms with Crippen LogP contribution in [0.25, 0.3) is 0 Å². The van der Waals surface area contributed by atoms with Gasteiger partial charge in [0.15, 0.2) is 0 Å². The Morgan fingerprint density at radius 1 is 0.680 bits per heavy atom. The molecule has 0 aliphatic heterocycles. The van der Waals surface area contributed by atoms with Crippen molar-refractivity contribution in [3.63, 3.8) is 0 Å². The van der Waals surface area contributed by atoms with Gasteiger partial charge in [-0.25, -0.2) is 16.8 Å². The molecule has 0 heterocycles. The van der Waals surface area contributed by atoms with Crippen LogP contribution in [0.1, 0.15) is 0 Å². The topological polar surface area (TPSA) is 86.7 Å². The lowest BCUT2D eigenvalue weighted by Crippen LogP contribution is -2.34. The summed E-state index contributed by atoms with van der Waals surface area (Å²) < 4.78 is 59.0. The summed E-state index contributed by atoms with van der Waals surface area (Å²) in [7, 11) is -5.77. The lowest BCUT2D eigenvalue weighted by atomic mass is 10.3. The highest BCUT2D eigenvalue weighted by atomic mass is 79.9. The zero-order valence-corrected chi connectivity index (χ0v) is 17.9. The molecule has 0 saturated carbocycles. The molecule has 136 valence electrons. The number of hydrogen-bond donors (Lipinski definition) is 0. The van der Waals surface area contributed by atoms with Crippen LogP contribution in [-0.4, -0.2) is 33.0 Å². The van der Waals surface area contributed by atoms with E-state index < -0.39 is 21.6 Å². The van der Waals surface area contributed by atoms with Gasteiger partial charge in [-0.2, -0.15) is 0 Å². The quantitative estimate of drug-likeness (QED) is 0.550. The smallest absolute Gasteiger partial charge is 0.289 e. The lowest BCUT2D eigenvalue weighted by Gasteiger charge is -2.21. The molecule has 0 bridgehead atoms. The van der Waals surface area contributed by atoms with E-state index in [-0.39, 0.29) is 9.79 Å². The van der Waals surface area contributed by atoms with Crippen LogP contribution in [0.3, 0.4) is 0 Å². The molecule has 2 aromatic rings. The molecule has 25 heavy (non-hydrogen) atoms. The van der Waals surface area contributed by atoms with Crippen LogP contribution in [0.15, 0.2) is 58.3 Å². The van der Waals surface area contributed by atoms with Gasteiger partial charge >= 0.3 is 0 Å². The van der Waals surface area contributed by atoms with E-state index in [4.69, 9.17) is 9.47 Å². The van der Waals surface area contributed by atoms with E-state index in [1.165, 1.54) is 62.8 Å². The number of alkyl halides is 2. The Labute approximate surface area is 163 Å². The van der Waals surface area contributed by atoms with E-state index in [1.807, 2.05) is 0 Å². The second-order valence-electron chi connectivity index (χ2n) is 4.82. The first-order valence-electron chi connectivity index (χ1n) is 6.73. The Hall–Kier alpha value is -1.10. The lowest BCUT2D eigenvalue weighted by molar-refractivity contribution is 0.414. The Morgan fingerprint density at radius 3 is 1.20 bits per heavy atom. The van der Waals surface area contributed by atoms with E-state index in [9.17, 15) is 16.8 Å². The monoisotopic (exact) mass is 512 g/mol. The molecule has 0 saturated heterocycles. The molecule has 0 aromatic heterocycles. The van der Waals surface area contributed by atoms with Crippen LogP contribution in [-0.2, 0) is 19.7 Å². The predicted octanol–water partition coefficient (Wildman–Crippen LogP) is 3.35. The van der Waals surface area contributed by atoms with Crippen molar-refractivity contribution in [2.45, 2.75) is 11.7 Å². The van der Waals surface area contributed by atoms with Crippen LogP contribution in [0.2, 0.25) is 0 Å². The zero-order chi connectivity index (χ0) is 18.9. The van der Waals surface area contributed by atoms with E-state index in [0.29, 0.717) is 11.5 Å². The molecular formula is C15H14Br2O6S2. The number of halogens is 2. The van der Waals surface area contributed by atoms with Gasteiger partial charge in [0, 0.05) is 0 Å². The SMILES string of the molecule is COc1ccc(S(=O)(=O)C(Br)(Br)S(=O)(=O)c2ccc(OC)cc2)cc1. The summed E-state index contributed by atoms with van der Waals surface area (Å²) in [5, 5.41) is 0. The van der Waals surface area contributed by atoms with E-state index in [2.05, 4.69) is 31.9 Å². The Bertz CT molecular complexity index is 871. The minimum absolute atomic E-state index is 0.181. The minimum Gasteiger partial charge on any atom is -0.497 e. The third kappa shape index (κ3) is 3.57. The van der Waals surface area contributed by atoms with Gasteiger partial charge in [0.25, 0.3) is 1.90 Å². The van der Waals surface area contributed by atoms with Crippen molar-refractivity contribution in [3.05, 3.63) is 48.5 Å². The van der Waals surface area contributed by atoms with Crippen molar-refractivity contribution in [1.82, 2.24) is 0 Å². The predicted molar refractivity (Wildman–Crippen MR) is 101 cm³/mol. The molecule has 6 nitrogen and oxygen atoms in total. The fourth-order valence-electron chi connectivity index (χ4n) is 1.93. The van der Waals surface area contributed by atoms with Crippen molar-refractivity contribution in [1.29, 1.82) is 0 Å². The first-order chi connectivity index (χ1) is 11.6. The van der Waals surface area contributed by atoms with Crippen molar-refractivity contribution in [2.24, 2.45) is 0 Å². The van der Waals surface area contributed by atoms with Gasteiger partial charge in [0.05, 0.1) is 24.0 Å². The molecule has 0 fully saturated rings. The number of methoxy groups -OCH3 is 2. The summed E-state index contributed by atoms with van der Waals surface area (Å²) in [4.78, 5) is -0.363. The maximum absolute atomic E-state index is 12.9. The maximum atomic E-state index is 12.9. The van der Waals surface area contributed by atoms with Gasteiger partial charge in [-0.15, -0.1) is 0 Å². The fourth-order valence-corrected chi connectivity index (χ4v) is 7.44. The summed E-state index contributed by atoms with van der Waals surface area (Å²) >= 11 is 5.70. The van der Waals surface area contributed by atoms with Crippen molar-refractivity contribution in [3.8, 4) is 11.5 Å². The van der Waals surface area contributed by atoms with Gasteiger partial charge < -0.3 is 9.47 Å². The largest absolute Gasteiger partial charge is 0.497 e. The van der Waals surface area contributed by atoms with E-state index in [0.717, 1.165) is 0 Å². The molecule has 0 aliphatic carbocycles. The minimum atomic E-state index is -4.33. The van der Waals surface area contributed by atoms with Crippen LogP contribution in [0.5, 0.6) is 11.5 Å². The summed E-state index contributed by atoms with van der Waals surface area (Å²) in [6.45, 7) is 0. The average molecular weight is 514 g/mol. The molecule has 0 aliphatic rings. The summed E-state index contributed by atoms with van der Waals surface area (Å²) in [6.07, 6.45) is 0. The molecule has 2 rings (SSSR count). The second-order valence-corrected chi connectivity index (χ2v) is 14.8. The molecule has 0 N–H and O–H groups in total. The first kappa shape index (κ1) is 20.2. The third-order valence-electron chi connectivity index (χ3n) is 3.37. The molecule has 0 atom stereocenters. The normalized spacial score (nSPS) is 12.6. The number of ether oxygens (including phenoxy) is 2. The van der Waals surface area contributed by atoms with Crippen LogP contribution in [0.4, 0.5) is 0 Å². The summed E-state index contributed by atoms with van der Waals surface area (Å²) in [5.74, 6) is 0.901. The molecular weight excluding hydrogens is 500 g/mol. The van der Waals surface area contributed by atoms with E-state index >= 15 is 0 Å². The van der Waals surface area contributed by atoms with Crippen molar-refractivity contribution in [2.75, 3.05) is 14.2 Å². The van der Waals surface area contributed by atoms with Gasteiger partial charge in [-0.05, 0) is 80.4 Å². The Kier molecular flexibility index (Phi) is 5.87. The molecule has 0 amide bonds. The molecule has 2 aromatic carbocycles. The number of hydrogen-bond acceptors (Lipinski definition) is 6. The summed E-state index contributed by atoms with van der Waals surface area (Å²) in [5.41, 5.74) is 0. The Balaban J connectivity index is 2.52. The third-order valence-corrected chi connectivity index (χ3v) is 12.8. The highest BCUT2D eigenvalue weighted by Crippen LogP contribution is 2.46. The summed E-state index contributed by atoms with van der Waals surface area (Å²) in [6, 6.07) is 10.8. The van der Waals surface area contributed by atoms with Crippen molar-refractivity contribution >= 4 is 51.5 Å². The van der Waals surface area contributed by atoms with Gasteiger partial charge in [-0.1, -0.05) is 0 Å². The molecule has 0 unspecified atom stereocenters. The van der Waals surface area contributed by atoms with Crippen molar-refractivity contribution < 1.29 is 26.3 Å². The standard InChI is InChI=1S/C15H14Br2O6S2/c1-22-11-3-7-13(8-4-11)24(18,19)15(16,17)25(20,21)14-9-5-12(23-2)6-10-14/h3-10H,1-2H3. The van der Waals surface area contributed by atoms with Gasteiger partial charge in [0.1, 0.15) is 11.5 Å². The zero-order valence-electron chi connectivity index (χ0n) is 13.1. The van der Waals surface area contributed by atoms with Crippen LogP contribution >= 0.6 is 31.9 Å². The number of sulfone groups is 2. The number of benzene rings is 2. The van der Waals surface area contributed by atoms with Gasteiger partial charge in [-0.3, -0.25) is 0 Å². The molecule has 0 spiro atoms. The highest BCUT2D eigenvalue weighted by Gasteiger charge is 2.52. The molecule has 10 heteroatoms. The van der Waals surface area contributed by atoms with Gasteiger partial charge in [0.2, 0.25) is 19.7 Å². The first-order valence-corrected chi connectivity index (χ1v) is 11.3. The van der Waals surface area contributed by atoms with Crippen LogP contribution < -0.4 is 9.47 Å². The maximum Gasteiger partial charge on any atom is 0.289 e. The van der Waals surface area contributed by atoms with Crippen LogP contribution in [0, 0.1) is 0 Å². The number of rotatable bonds is 6. The average Bonchev–Trinajstić information content (AvgIpc) is 2.61.